The van der Waals surface area contributed by atoms with Crippen molar-refractivity contribution in [2.75, 3.05) is 26.3 Å². The number of amides is 1. The molecule has 0 saturated carbocycles. The Kier molecular flexibility index (Phi) is 10.4. The topological polar surface area (TPSA) is 82.0 Å². The molecule has 2 unspecified atom stereocenters. The molecule has 3 N–H and O–H groups in total. The predicted molar refractivity (Wildman–Crippen MR) is 99.6 cm³/mol. The molecule has 2 fully saturated rings. The first-order valence-electron chi connectivity index (χ1n) is 9.82. The van der Waals surface area contributed by atoms with Crippen molar-refractivity contribution in [2.24, 2.45) is 0 Å². The van der Waals surface area contributed by atoms with Gasteiger partial charge >= 0.3 is 6.09 Å². The summed E-state index contributed by atoms with van der Waals surface area (Å²) in [7, 11) is 0. The average molecular weight is 359 g/mol. The van der Waals surface area contributed by atoms with Gasteiger partial charge in [-0.15, -0.1) is 0 Å². The maximum Gasteiger partial charge on any atom is 0.410 e. The van der Waals surface area contributed by atoms with Crippen molar-refractivity contribution < 1.29 is 19.7 Å². The summed E-state index contributed by atoms with van der Waals surface area (Å²) in [6.45, 7) is 7.97. The van der Waals surface area contributed by atoms with Crippen LogP contribution in [0.3, 0.4) is 0 Å². The fraction of sp³-hybridized carbons (Fsp3) is 0.947. The van der Waals surface area contributed by atoms with E-state index in [4.69, 9.17) is 14.9 Å². The number of ether oxygens (including phenoxy) is 1. The highest BCUT2D eigenvalue weighted by Crippen LogP contribution is 2.22. The summed E-state index contributed by atoms with van der Waals surface area (Å²) in [6, 6.07) is 0.748. The molecule has 6 heteroatoms. The van der Waals surface area contributed by atoms with Gasteiger partial charge in [-0.1, -0.05) is 6.42 Å². The van der Waals surface area contributed by atoms with E-state index >= 15 is 0 Å². The molecule has 6 nitrogen and oxygen atoms in total. The molecule has 0 aromatic heterocycles. The van der Waals surface area contributed by atoms with E-state index < -0.39 is 5.60 Å². The predicted octanol–water partition coefficient (Wildman–Crippen LogP) is 2.67. The highest BCUT2D eigenvalue weighted by atomic mass is 16.6. The van der Waals surface area contributed by atoms with E-state index in [1.54, 1.807) is 4.90 Å². The van der Waals surface area contributed by atoms with E-state index in [9.17, 15) is 4.79 Å². The maximum absolute atomic E-state index is 11.9. The van der Waals surface area contributed by atoms with Gasteiger partial charge in [0.05, 0.1) is 0 Å². The van der Waals surface area contributed by atoms with Gasteiger partial charge < -0.3 is 25.2 Å². The van der Waals surface area contributed by atoms with Crippen molar-refractivity contribution in [1.82, 2.24) is 10.2 Å². The smallest absolute Gasteiger partial charge is 0.410 e. The first kappa shape index (κ1) is 22.2. The minimum absolute atomic E-state index is 0.129. The number of carbonyl (C=O) groups is 1. The maximum atomic E-state index is 11.9. The number of hydrogen-bond acceptors (Lipinski definition) is 5. The zero-order valence-electron chi connectivity index (χ0n) is 16.3. The molecule has 25 heavy (non-hydrogen) atoms. The normalized spacial score (nSPS) is 24.3. The van der Waals surface area contributed by atoms with Gasteiger partial charge in [-0.25, -0.2) is 4.79 Å². The van der Waals surface area contributed by atoms with Crippen LogP contribution >= 0.6 is 0 Å². The lowest BCUT2D eigenvalue weighted by Crippen LogP contribution is -2.46. The monoisotopic (exact) mass is 358 g/mol. The van der Waals surface area contributed by atoms with E-state index in [2.05, 4.69) is 5.32 Å². The summed E-state index contributed by atoms with van der Waals surface area (Å²) in [5.74, 6) is 0. The van der Waals surface area contributed by atoms with Gasteiger partial charge in [0.15, 0.2) is 0 Å². The third kappa shape index (κ3) is 9.42. The lowest BCUT2D eigenvalue weighted by atomic mass is 10.0. The Labute approximate surface area is 152 Å². The van der Waals surface area contributed by atoms with E-state index in [1.165, 1.54) is 19.3 Å². The van der Waals surface area contributed by atoms with Crippen molar-refractivity contribution in [3.8, 4) is 0 Å². The van der Waals surface area contributed by atoms with Gasteiger partial charge in [0.1, 0.15) is 5.60 Å². The number of nitrogens with zero attached hydrogens (tertiary/aromatic N) is 1. The molecule has 2 aliphatic rings. The number of rotatable bonds is 4. The molecule has 2 heterocycles. The van der Waals surface area contributed by atoms with E-state index in [0.29, 0.717) is 19.1 Å². The Morgan fingerprint density at radius 1 is 1.08 bits per heavy atom. The number of hydrogen-bond donors (Lipinski definition) is 3. The summed E-state index contributed by atoms with van der Waals surface area (Å²) >= 11 is 0. The third-order valence-corrected chi connectivity index (χ3v) is 4.61. The lowest BCUT2D eigenvalue weighted by Gasteiger charge is -2.36. The van der Waals surface area contributed by atoms with E-state index in [-0.39, 0.29) is 18.7 Å². The van der Waals surface area contributed by atoms with Crippen LogP contribution in [0.15, 0.2) is 0 Å². The van der Waals surface area contributed by atoms with Crippen LogP contribution < -0.4 is 5.32 Å². The van der Waals surface area contributed by atoms with Gasteiger partial charge in [-0.2, -0.15) is 0 Å². The molecule has 0 aromatic rings. The van der Waals surface area contributed by atoms with E-state index in [0.717, 1.165) is 38.8 Å². The van der Waals surface area contributed by atoms with Crippen LogP contribution in [0.2, 0.25) is 0 Å². The summed E-state index contributed by atoms with van der Waals surface area (Å²) in [6.07, 6.45) is 8.36. The molecule has 148 valence electrons. The molecule has 0 aliphatic carbocycles. The van der Waals surface area contributed by atoms with E-state index in [1.807, 2.05) is 20.8 Å². The number of carbonyl (C=O) groups excluding carboxylic acids is 1. The Balaban J connectivity index is 0.000000293. The van der Waals surface area contributed by atoms with Crippen LogP contribution in [-0.2, 0) is 4.74 Å². The second kappa shape index (κ2) is 11.7. The minimum Gasteiger partial charge on any atom is -0.444 e. The molecule has 2 saturated heterocycles. The Hall–Kier alpha value is -0.850. The summed E-state index contributed by atoms with van der Waals surface area (Å²) in [5, 5.41) is 20.9. The summed E-state index contributed by atoms with van der Waals surface area (Å²) in [4.78, 5) is 13.7. The molecular formula is C19H38N2O4. The molecule has 2 rings (SSSR count). The summed E-state index contributed by atoms with van der Waals surface area (Å²) in [5.41, 5.74) is -0.446. The highest BCUT2D eigenvalue weighted by molar-refractivity contribution is 5.68. The zero-order valence-corrected chi connectivity index (χ0v) is 16.3. The quantitative estimate of drug-likeness (QED) is 0.720. The van der Waals surface area contributed by atoms with Crippen molar-refractivity contribution in [3.05, 3.63) is 0 Å². The zero-order chi connectivity index (χ0) is 18.7. The second-order valence-corrected chi connectivity index (χ2v) is 7.99. The van der Waals surface area contributed by atoms with Crippen molar-refractivity contribution in [1.29, 1.82) is 0 Å². The molecule has 1 amide bonds. The first-order chi connectivity index (χ1) is 11.9. The Bertz CT molecular complexity index is 360. The third-order valence-electron chi connectivity index (χ3n) is 4.61. The number of aliphatic hydroxyl groups is 2. The van der Waals surface area contributed by atoms with Crippen LogP contribution in [0.5, 0.6) is 0 Å². The minimum atomic E-state index is -0.446. The fourth-order valence-corrected chi connectivity index (χ4v) is 3.34. The van der Waals surface area contributed by atoms with Gasteiger partial charge in [0, 0.05) is 31.8 Å². The molecule has 0 spiro atoms. The molecular weight excluding hydrogens is 320 g/mol. The van der Waals surface area contributed by atoms with Gasteiger partial charge in [-0.3, -0.25) is 0 Å². The number of piperidine rings is 2. The molecule has 0 aromatic carbocycles. The largest absolute Gasteiger partial charge is 0.444 e. The van der Waals surface area contributed by atoms with Crippen molar-refractivity contribution in [3.63, 3.8) is 0 Å². The van der Waals surface area contributed by atoms with Gasteiger partial charge in [0.25, 0.3) is 0 Å². The molecule has 2 atom stereocenters. The highest BCUT2D eigenvalue weighted by Gasteiger charge is 2.29. The van der Waals surface area contributed by atoms with Crippen LogP contribution in [0.1, 0.15) is 72.1 Å². The fourth-order valence-electron chi connectivity index (χ4n) is 3.34. The Morgan fingerprint density at radius 3 is 2.32 bits per heavy atom. The van der Waals surface area contributed by atoms with Crippen LogP contribution in [0.4, 0.5) is 4.79 Å². The Morgan fingerprint density at radius 2 is 1.76 bits per heavy atom. The standard InChI is InChI=1S/C12H23NO3.C7H15NO/c1-12(2,3)16-11(15)13-8-5-4-6-10(13)7-9-14;9-6-4-7-3-1-2-5-8-7/h10,14H,4-9H2,1-3H3;7-9H,1-6H2. The SMILES string of the molecule is CC(C)(C)OC(=O)N1CCCCC1CCO.OCCC1CCCCN1. The van der Waals surface area contributed by atoms with Crippen LogP contribution in [0.25, 0.3) is 0 Å². The molecule has 0 radical (unpaired) electrons. The number of likely N-dealkylation sites (tertiary alicyclic amines) is 1. The van der Waals surface area contributed by atoms with Crippen LogP contribution in [-0.4, -0.2) is 65.2 Å². The first-order valence-corrected chi connectivity index (χ1v) is 9.82. The molecule has 2 aliphatic heterocycles. The summed E-state index contributed by atoms with van der Waals surface area (Å²) < 4.78 is 5.36. The second-order valence-electron chi connectivity index (χ2n) is 7.99. The number of aliphatic hydroxyl groups excluding tert-OH is 2. The van der Waals surface area contributed by atoms with Gasteiger partial charge in [-0.05, 0) is 72.3 Å². The van der Waals surface area contributed by atoms with Gasteiger partial charge in [0.2, 0.25) is 0 Å². The lowest BCUT2D eigenvalue weighted by molar-refractivity contribution is 0.00705. The van der Waals surface area contributed by atoms with Crippen LogP contribution in [0, 0.1) is 0 Å². The van der Waals surface area contributed by atoms with Crippen molar-refractivity contribution >= 4 is 6.09 Å². The average Bonchev–Trinajstić information content (AvgIpc) is 2.56. The number of nitrogens with one attached hydrogen (secondary N) is 1. The molecule has 0 bridgehead atoms. The van der Waals surface area contributed by atoms with Crippen molar-refractivity contribution in [2.45, 2.75) is 89.8 Å².